The topological polar surface area (TPSA) is 188 Å². The molecule has 0 amide bonds. The Morgan fingerprint density at radius 1 is 1.24 bits per heavy atom. The van der Waals surface area contributed by atoms with Gasteiger partial charge in [0.1, 0.15) is 17.1 Å². The number of hydrogen-bond donors (Lipinski definition) is 4. The molecule has 2 atom stereocenters. The molecule has 0 radical (unpaired) electrons. The average Bonchev–Trinajstić information content (AvgIpc) is 3.45. The largest absolute Gasteiger partial charge is 0.490 e. The minimum absolute atomic E-state index is 0.123. The first kappa shape index (κ1) is 27.3. The zero-order valence-electron chi connectivity index (χ0n) is 19.7. The average molecular weight is 523 g/mol. The number of rotatable bonds is 7. The van der Waals surface area contributed by atoms with E-state index in [2.05, 4.69) is 20.3 Å². The number of alkyl halides is 3. The third-order valence-electron chi connectivity index (χ3n) is 5.10. The highest BCUT2D eigenvalue weighted by Crippen LogP contribution is 2.36. The SMILES string of the molecule is CCn1c(-c2nonc2N)nc2c([C@@H](C)O)ncc(O[C@H](CN)c3ccccc3)c21.O=C(O)C(F)(F)F. The van der Waals surface area contributed by atoms with E-state index in [0.29, 0.717) is 40.5 Å². The molecule has 0 spiro atoms. The summed E-state index contributed by atoms with van der Waals surface area (Å²) in [5.74, 6) is -1.69. The van der Waals surface area contributed by atoms with Crippen LogP contribution in [0.4, 0.5) is 19.0 Å². The Balaban J connectivity index is 0.000000479. The molecule has 0 bridgehead atoms. The second-order valence-corrected chi connectivity index (χ2v) is 7.61. The number of benzene rings is 1. The van der Waals surface area contributed by atoms with Crippen LogP contribution < -0.4 is 16.2 Å². The normalized spacial score (nSPS) is 13.1. The summed E-state index contributed by atoms with van der Waals surface area (Å²) < 4.78 is 44.7. The van der Waals surface area contributed by atoms with Crippen LogP contribution in [-0.2, 0) is 11.3 Å². The summed E-state index contributed by atoms with van der Waals surface area (Å²) in [6.45, 7) is 4.40. The Labute approximate surface area is 207 Å². The number of nitrogens with two attached hydrogens (primary N) is 2. The molecule has 0 aliphatic rings. The van der Waals surface area contributed by atoms with Gasteiger partial charge in [0, 0.05) is 13.1 Å². The number of hydrogen-bond acceptors (Lipinski definition) is 10. The number of carboxylic acid groups (broad SMARTS) is 1. The quantitative estimate of drug-likeness (QED) is 0.279. The van der Waals surface area contributed by atoms with Crippen molar-refractivity contribution in [1.29, 1.82) is 0 Å². The van der Waals surface area contributed by atoms with E-state index in [9.17, 15) is 18.3 Å². The molecule has 4 aromatic rings. The number of fused-ring (bicyclic) bond motifs is 1. The zero-order chi connectivity index (χ0) is 27.3. The Morgan fingerprint density at radius 2 is 1.89 bits per heavy atom. The van der Waals surface area contributed by atoms with Crippen LogP contribution in [0.1, 0.15) is 37.3 Å². The van der Waals surface area contributed by atoms with Crippen LogP contribution in [-0.4, -0.2) is 53.8 Å². The molecule has 0 aliphatic carbocycles. The monoisotopic (exact) mass is 523 g/mol. The molecule has 1 aromatic carbocycles. The Kier molecular flexibility index (Phi) is 8.29. The van der Waals surface area contributed by atoms with Gasteiger partial charge in [0.15, 0.2) is 23.1 Å². The molecular weight excluding hydrogens is 499 g/mol. The standard InChI is InChI=1S/C20H23N7O3.C2HF3O2/c1-3-27-18-14(29-13(9-21)12-7-5-4-6-8-12)10-23-15(11(2)28)16(18)24-20(27)17-19(22)26-30-25-17;3-2(4,5)1(6)7/h4-8,10-11,13,28H,3,9,21H2,1-2H3,(H2,22,26);(H,6,7)/t11-,13-;/m1./s1. The van der Waals surface area contributed by atoms with E-state index in [-0.39, 0.29) is 18.5 Å². The smallest absolute Gasteiger partial charge is 0.480 e. The van der Waals surface area contributed by atoms with E-state index in [1.165, 1.54) is 0 Å². The minimum atomic E-state index is -5.08. The van der Waals surface area contributed by atoms with Crippen molar-refractivity contribution in [3.8, 4) is 17.3 Å². The summed E-state index contributed by atoms with van der Waals surface area (Å²) in [4.78, 5) is 18.0. The van der Waals surface area contributed by atoms with Crippen LogP contribution in [0.25, 0.3) is 22.6 Å². The summed E-state index contributed by atoms with van der Waals surface area (Å²) in [7, 11) is 0. The van der Waals surface area contributed by atoms with Crippen molar-refractivity contribution >= 4 is 22.8 Å². The van der Waals surface area contributed by atoms with Gasteiger partial charge in [-0.15, -0.1) is 0 Å². The lowest BCUT2D eigenvalue weighted by Gasteiger charge is -2.19. The van der Waals surface area contributed by atoms with Crippen molar-refractivity contribution in [2.45, 2.75) is 38.8 Å². The highest BCUT2D eigenvalue weighted by molar-refractivity contribution is 5.88. The lowest BCUT2D eigenvalue weighted by molar-refractivity contribution is -0.192. The fourth-order valence-corrected chi connectivity index (χ4v) is 3.44. The number of aliphatic carboxylic acids is 1. The third kappa shape index (κ3) is 5.95. The molecule has 12 nitrogen and oxygen atoms in total. The number of pyridine rings is 1. The summed E-state index contributed by atoms with van der Waals surface area (Å²) in [5.41, 5.74) is 14.7. The lowest BCUT2D eigenvalue weighted by atomic mass is 10.1. The third-order valence-corrected chi connectivity index (χ3v) is 5.10. The lowest BCUT2D eigenvalue weighted by Crippen LogP contribution is -2.21. The number of aliphatic hydroxyl groups excluding tert-OH is 1. The van der Waals surface area contributed by atoms with Crippen LogP contribution in [0.5, 0.6) is 5.75 Å². The number of aryl methyl sites for hydroxylation is 1. The van der Waals surface area contributed by atoms with Gasteiger partial charge in [0.25, 0.3) is 0 Å². The Hall–Kier alpha value is -4.24. The maximum absolute atomic E-state index is 10.6. The van der Waals surface area contributed by atoms with Gasteiger partial charge in [0.2, 0.25) is 0 Å². The van der Waals surface area contributed by atoms with Gasteiger partial charge < -0.3 is 31.0 Å². The maximum atomic E-state index is 10.6. The van der Waals surface area contributed by atoms with Gasteiger partial charge in [-0.25, -0.2) is 14.4 Å². The molecule has 0 saturated carbocycles. The molecule has 15 heteroatoms. The molecule has 4 rings (SSSR count). The van der Waals surface area contributed by atoms with Gasteiger partial charge in [-0.2, -0.15) is 13.2 Å². The number of halogens is 3. The maximum Gasteiger partial charge on any atom is 0.490 e. The highest BCUT2D eigenvalue weighted by Gasteiger charge is 2.38. The van der Waals surface area contributed by atoms with Crippen molar-refractivity contribution in [2.75, 3.05) is 12.3 Å². The fourth-order valence-electron chi connectivity index (χ4n) is 3.44. The summed E-state index contributed by atoms with van der Waals surface area (Å²) >= 11 is 0. The summed E-state index contributed by atoms with van der Waals surface area (Å²) in [5, 5.41) is 24.9. The number of nitrogens with zero attached hydrogens (tertiary/aromatic N) is 5. The molecule has 198 valence electrons. The molecule has 3 aromatic heterocycles. The molecule has 0 saturated heterocycles. The van der Waals surface area contributed by atoms with Crippen LogP contribution in [0.15, 0.2) is 41.2 Å². The number of anilines is 1. The molecule has 0 aliphatic heterocycles. The van der Waals surface area contributed by atoms with Crippen LogP contribution in [0.3, 0.4) is 0 Å². The van der Waals surface area contributed by atoms with E-state index in [1.807, 2.05) is 41.8 Å². The van der Waals surface area contributed by atoms with Gasteiger partial charge in [-0.05, 0) is 29.7 Å². The number of aromatic nitrogens is 5. The summed E-state index contributed by atoms with van der Waals surface area (Å²) in [6, 6.07) is 9.71. The van der Waals surface area contributed by atoms with Crippen LogP contribution in [0.2, 0.25) is 0 Å². The first-order valence-electron chi connectivity index (χ1n) is 10.9. The van der Waals surface area contributed by atoms with Crippen molar-refractivity contribution in [3.63, 3.8) is 0 Å². The van der Waals surface area contributed by atoms with Crippen molar-refractivity contribution < 1.29 is 37.5 Å². The van der Waals surface area contributed by atoms with E-state index >= 15 is 0 Å². The Morgan fingerprint density at radius 3 is 2.38 bits per heavy atom. The summed E-state index contributed by atoms with van der Waals surface area (Å²) in [6.07, 6.45) is -4.71. The van der Waals surface area contributed by atoms with Gasteiger partial charge >= 0.3 is 12.1 Å². The predicted octanol–water partition coefficient (Wildman–Crippen LogP) is 2.85. The first-order valence-corrected chi connectivity index (χ1v) is 10.9. The van der Waals surface area contributed by atoms with Gasteiger partial charge in [-0.3, -0.25) is 4.98 Å². The number of carbonyl (C=O) groups is 1. The Bertz CT molecular complexity index is 1360. The van der Waals surface area contributed by atoms with Gasteiger partial charge in [-0.1, -0.05) is 30.3 Å². The van der Waals surface area contributed by atoms with E-state index in [1.54, 1.807) is 13.1 Å². The van der Waals surface area contributed by atoms with Crippen LogP contribution in [0, 0.1) is 0 Å². The molecule has 0 fully saturated rings. The molecule has 3 heterocycles. The molecule has 37 heavy (non-hydrogen) atoms. The molecule has 6 N–H and O–H groups in total. The minimum Gasteiger partial charge on any atom is -0.480 e. The van der Waals surface area contributed by atoms with E-state index < -0.39 is 18.2 Å². The number of imidazole rings is 1. The van der Waals surface area contributed by atoms with Crippen molar-refractivity contribution in [3.05, 3.63) is 47.8 Å². The fraction of sp³-hybridized carbons (Fsp3) is 0.318. The molecular formula is C22H24F3N7O5. The first-order chi connectivity index (χ1) is 17.5. The number of nitrogen functional groups attached to an aromatic ring is 1. The van der Waals surface area contributed by atoms with E-state index in [0.717, 1.165) is 5.56 Å². The highest BCUT2D eigenvalue weighted by atomic mass is 19.4. The number of aliphatic hydroxyl groups is 1. The van der Waals surface area contributed by atoms with Crippen molar-refractivity contribution in [1.82, 2.24) is 24.8 Å². The van der Waals surface area contributed by atoms with Gasteiger partial charge in [0.05, 0.1) is 18.0 Å². The van der Waals surface area contributed by atoms with Crippen LogP contribution >= 0.6 is 0 Å². The number of ether oxygens (including phenoxy) is 1. The van der Waals surface area contributed by atoms with E-state index in [4.69, 9.17) is 30.7 Å². The second-order valence-electron chi connectivity index (χ2n) is 7.61. The zero-order valence-corrected chi connectivity index (χ0v) is 19.7. The second kappa shape index (κ2) is 11.2. The predicted molar refractivity (Wildman–Crippen MR) is 124 cm³/mol. The van der Waals surface area contributed by atoms with Crippen molar-refractivity contribution in [2.24, 2.45) is 5.73 Å². The molecule has 0 unspecified atom stereocenters. The number of carboxylic acids is 1.